The molecule has 0 aliphatic heterocycles. The van der Waals surface area contributed by atoms with E-state index in [0.29, 0.717) is 0 Å². The van der Waals surface area contributed by atoms with E-state index in [9.17, 15) is 0 Å². The third-order valence-corrected chi connectivity index (χ3v) is 3.02. The molecule has 0 saturated heterocycles. The molecule has 2 aromatic heterocycles. The maximum Gasteiger partial charge on any atom is 0.0796 e. The minimum absolute atomic E-state index is 0.988. The molecule has 3 aromatic rings. The Balaban J connectivity index is 2.31. The number of benzene rings is 1. The van der Waals surface area contributed by atoms with Crippen LogP contribution in [0, 0.1) is 13.8 Å². The molecule has 2 heterocycles. The van der Waals surface area contributed by atoms with Gasteiger partial charge in [-0.05, 0) is 44.2 Å². The first-order valence-electron chi connectivity index (χ1n) is 6.02. The van der Waals surface area contributed by atoms with Crippen molar-refractivity contribution < 1.29 is 0 Å². The zero-order valence-electron chi connectivity index (χ0n) is 10.5. The van der Waals surface area contributed by atoms with E-state index in [1.54, 1.807) is 0 Å². The van der Waals surface area contributed by atoms with Crippen LogP contribution in [0.5, 0.6) is 0 Å². The molecule has 18 heavy (non-hydrogen) atoms. The fourth-order valence-corrected chi connectivity index (χ4v) is 2.34. The van der Waals surface area contributed by atoms with Crippen molar-refractivity contribution >= 4 is 10.9 Å². The van der Waals surface area contributed by atoms with E-state index in [0.717, 1.165) is 22.2 Å². The minimum Gasteiger partial charge on any atom is -0.256 e. The fourth-order valence-electron chi connectivity index (χ4n) is 2.34. The Kier molecular flexibility index (Phi) is 2.56. The normalized spacial score (nSPS) is 10.8. The van der Waals surface area contributed by atoms with E-state index in [1.807, 2.05) is 24.5 Å². The predicted octanol–water partition coefficient (Wildman–Crippen LogP) is 3.91. The zero-order chi connectivity index (χ0) is 12.5. The van der Waals surface area contributed by atoms with Gasteiger partial charge in [-0.15, -0.1) is 0 Å². The predicted molar refractivity (Wildman–Crippen MR) is 74.4 cm³/mol. The van der Waals surface area contributed by atoms with Gasteiger partial charge in [-0.1, -0.05) is 17.2 Å². The number of hydrogen-bond donors (Lipinski definition) is 0. The van der Waals surface area contributed by atoms with Crippen LogP contribution in [0.15, 0.2) is 48.8 Å². The van der Waals surface area contributed by atoms with Crippen LogP contribution in [0.25, 0.3) is 22.2 Å². The molecule has 0 atom stereocenters. The van der Waals surface area contributed by atoms with Gasteiger partial charge in [-0.2, -0.15) is 0 Å². The van der Waals surface area contributed by atoms with E-state index in [2.05, 4.69) is 48.1 Å². The van der Waals surface area contributed by atoms with Crippen molar-refractivity contribution in [1.82, 2.24) is 9.97 Å². The van der Waals surface area contributed by atoms with Gasteiger partial charge in [-0.3, -0.25) is 9.97 Å². The lowest BCUT2D eigenvalue weighted by molar-refractivity contribution is 1.30. The van der Waals surface area contributed by atoms with E-state index in [-0.39, 0.29) is 0 Å². The molecule has 0 fully saturated rings. The number of fused-ring (bicyclic) bond motifs is 1. The molecule has 0 bridgehead atoms. The Morgan fingerprint density at radius 1 is 0.833 bits per heavy atom. The second kappa shape index (κ2) is 4.22. The fraction of sp³-hybridized carbons (Fsp3) is 0.125. The summed E-state index contributed by atoms with van der Waals surface area (Å²) in [6.45, 7) is 4.22. The average Bonchev–Trinajstić information content (AvgIpc) is 2.37. The monoisotopic (exact) mass is 234 g/mol. The van der Waals surface area contributed by atoms with Crippen molar-refractivity contribution in [2.45, 2.75) is 13.8 Å². The average molecular weight is 234 g/mol. The Labute approximate surface area is 106 Å². The molecule has 0 aliphatic rings. The van der Waals surface area contributed by atoms with Gasteiger partial charge >= 0.3 is 0 Å². The Bertz CT molecular complexity index is 692. The first kappa shape index (κ1) is 10.9. The summed E-state index contributed by atoms with van der Waals surface area (Å²) in [5.41, 5.74) is 5.67. The lowest BCUT2D eigenvalue weighted by atomic mass is 10.0. The van der Waals surface area contributed by atoms with Gasteiger partial charge in [0.2, 0.25) is 0 Å². The van der Waals surface area contributed by atoms with Gasteiger partial charge in [0.25, 0.3) is 0 Å². The molecule has 0 aliphatic carbocycles. The van der Waals surface area contributed by atoms with Crippen molar-refractivity contribution in [3.63, 3.8) is 0 Å². The molecule has 0 spiro atoms. The van der Waals surface area contributed by atoms with Crippen LogP contribution >= 0.6 is 0 Å². The summed E-state index contributed by atoms with van der Waals surface area (Å²) in [4.78, 5) is 8.89. The Hall–Kier alpha value is -2.22. The van der Waals surface area contributed by atoms with E-state index in [4.69, 9.17) is 0 Å². The summed E-state index contributed by atoms with van der Waals surface area (Å²) in [5.74, 6) is 0. The number of aromatic nitrogens is 2. The van der Waals surface area contributed by atoms with Crippen molar-refractivity contribution in [3.8, 4) is 11.3 Å². The largest absolute Gasteiger partial charge is 0.256 e. The van der Waals surface area contributed by atoms with Gasteiger partial charge in [0.15, 0.2) is 0 Å². The number of rotatable bonds is 1. The number of hydrogen-bond acceptors (Lipinski definition) is 2. The van der Waals surface area contributed by atoms with Crippen molar-refractivity contribution in [1.29, 1.82) is 0 Å². The van der Waals surface area contributed by atoms with Crippen molar-refractivity contribution in [3.05, 3.63) is 59.9 Å². The maximum absolute atomic E-state index is 4.52. The summed E-state index contributed by atoms with van der Waals surface area (Å²) in [6.07, 6.45) is 3.63. The van der Waals surface area contributed by atoms with Gasteiger partial charge < -0.3 is 0 Å². The van der Waals surface area contributed by atoms with Gasteiger partial charge in [0, 0.05) is 23.3 Å². The third-order valence-electron chi connectivity index (χ3n) is 3.02. The lowest BCUT2D eigenvalue weighted by Gasteiger charge is -2.07. The van der Waals surface area contributed by atoms with E-state index >= 15 is 0 Å². The molecule has 0 unspecified atom stereocenters. The number of aryl methyl sites for hydroxylation is 2. The lowest BCUT2D eigenvalue weighted by Crippen LogP contribution is -1.89. The highest BCUT2D eigenvalue weighted by Crippen LogP contribution is 2.26. The SMILES string of the molecule is Cc1cc(C)cc(-c2nccc3ncccc23)c1. The quantitative estimate of drug-likeness (QED) is 0.638. The maximum atomic E-state index is 4.52. The van der Waals surface area contributed by atoms with Crippen LogP contribution in [-0.4, -0.2) is 9.97 Å². The summed E-state index contributed by atoms with van der Waals surface area (Å²) in [5, 5.41) is 1.10. The molecule has 2 heteroatoms. The molecule has 3 rings (SSSR count). The van der Waals surface area contributed by atoms with Gasteiger partial charge in [0.1, 0.15) is 0 Å². The molecular weight excluding hydrogens is 220 g/mol. The number of pyridine rings is 2. The van der Waals surface area contributed by atoms with Crippen molar-refractivity contribution in [2.75, 3.05) is 0 Å². The highest BCUT2D eigenvalue weighted by Gasteiger charge is 2.06. The molecule has 0 N–H and O–H groups in total. The molecular formula is C16H14N2. The summed E-state index contributed by atoms with van der Waals surface area (Å²) in [7, 11) is 0. The smallest absolute Gasteiger partial charge is 0.0796 e. The van der Waals surface area contributed by atoms with Crippen LogP contribution in [0.1, 0.15) is 11.1 Å². The molecule has 88 valence electrons. The Morgan fingerprint density at radius 2 is 1.61 bits per heavy atom. The van der Waals surface area contributed by atoms with E-state index < -0.39 is 0 Å². The zero-order valence-corrected chi connectivity index (χ0v) is 10.5. The molecule has 2 nitrogen and oxygen atoms in total. The second-order valence-corrected chi connectivity index (χ2v) is 4.61. The first-order chi connectivity index (χ1) is 8.74. The second-order valence-electron chi connectivity index (χ2n) is 4.61. The summed E-state index contributed by atoms with van der Waals surface area (Å²) >= 11 is 0. The van der Waals surface area contributed by atoms with Crippen LogP contribution in [-0.2, 0) is 0 Å². The molecule has 0 radical (unpaired) electrons. The van der Waals surface area contributed by atoms with Crippen LogP contribution in [0.4, 0.5) is 0 Å². The summed E-state index contributed by atoms with van der Waals surface area (Å²) < 4.78 is 0. The summed E-state index contributed by atoms with van der Waals surface area (Å²) in [6, 6.07) is 12.5. The minimum atomic E-state index is 0.988. The van der Waals surface area contributed by atoms with Crippen LogP contribution in [0.3, 0.4) is 0 Å². The van der Waals surface area contributed by atoms with Gasteiger partial charge in [-0.25, -0.2) is 0 Å². The topological polar surface area (TPSA) is 25.8 Å². The Morgan fingerprint density at radius 3 is 2.39 bits per heavy atom. The van der Waals surface area contributed by atoms with Gasteiger partial charge in [0.05, 0.1) is 11.2 Å². The van der Waals surface area contributed by atoms with Crippen LogP contribution < -0.4 is 0 Å². The highest BCUT2D eigenvalue weighted by atomic mass is 14.7. The number of nitrogens with zero attached hydrogens (tertiary/aromatic N) is 2. The van der Waals surface area contributed by atoms with Crippen LogP contribution in [0.2, 0.25) is 0 Å². The third kappa shape index (κ3) is 1.86. The van der Waals surface area contributed by atoms with E-state index in [1.165, 1.54) is 11.1 Å². The molecule has 0 saturated carbocycles. The first-order valence-corrected chi connectivity index (χ1v) is 6.02. The standard InChI is InChI=1S/C16H14N2/c1-11-8-12(2)10-13(9-11)16-14-4-3-6-17-15(14)5-7-18-16/h3-10H,1-2H3. The molecule has 0 amide bonds. The van der Waals surface area contributed by atoms with Crippen molar-refractivity contribution in [2.24, 2.45) is 0 Å². The highest BCUT2D eigenvalue weighted by molar-refractivity contribution is 5.92. The molecule has 1 aromatic carbocycles.